The first-order valence-corrected chi connectivity index (χ1v) is 8.35. The number of aromatic nitrogens is 1. The lowest BCUT2D eigenvalue weighted by Crippen LogP contribution is -2.18. The number of hydrogen-bond donors (Lipinski definition) is 2. The number of pyridine rings is 1. The number of rotatable bonds is 5. The Bertz CT molecular complexity index is 690. The van der Waals surface area contributed by atoms with E-state index in [-0.39, 0.29) is 5.75 Å². The van der Waals surface area contributed by atoms with Crippen molar-refractivity contribution in [1.29, 1.82) is 0 Å². The van der Waals surface area contributed by atoms with Gasteiger partial charge in [0.1, 0.15) is 0 Å². The zero-order chi connectivity index (χ0) is 14.6. The van der Waals surface area contributed by atoms with E-state index in [2.05, 4.69) is 25.6 Å². The van der Waals surface area contributed by atoms with E-state index < -0.39 is 10.0 Å². The average Bonchev–Trinajstić information content (AvgIpc) is 2.42. The van der Waals surface area contributed by atoms with Gasteiger partial charge in [-0.15, -0.1) is 0 Å². The quantitative estimate of drug-likeness (QED) is 0.806. The van der Waals surface area contributed by atoms with Crippen molar-refractivity contribution in [2.45, 2.75) is 6.42 Å². The third kappa shape index (κ3) is 4.21. The molecule has 0 radical (unpaired) electrons. The molecule has 0 bridgehead atoms. The molecule has 2 aromatic rings. The van der Waals surface area contributed by atoms with Crippen LogP contribution in [0.1, 0.15) is 5.56 Å². The summed E-state index contributed by atoms with van der Waals surface area (Å²) in [6.07, 6.45) is 3.71. The van der Waals surface area contributed by atoms with Crippen molar-refractivity contribution in [1.82, 2.24) is 4.98 Å². The van der Waals surface area contributed by atoms with Crippen molar-refractivity contribution in [2.75, 3.05) is 16.2 Å². The van der Waals surface area contributed by atoms with E-state index in [1.54, 1.807) is 42.7 Å². The summed E-state index contributed by atoms with van der Waals surface area (Å²) in [5.74, 6) is -0.00173. The van der Waals surface area contributed by atoms with Gasteiger partial charge in [0.05, 0.1) is 11.4 Å². The monoisotopic (exact) mass is 355 g/mol. The van der Waals surface area contributed by atoms with Crippen LogP contribution in [0, 0.1) is 0 Å². The maximum atomic E-state index is 12.0. The van der Waals surface area contributed by atoms with E-state index in [0.717, 1.165) is 5.56 Å². The highest BCUT2D eigenvalue weighted by atomic mass is 79.9. The Labute approximate surface area is 126 Å². The molecule has 0 atom stereocenters. The predicted molar refractivity (Wildman–Crippen MR) is 83.9 cm³/mol. The standard InChI is InChI=1S/C13H14BrN3O2S/c14-12-2-1-11(15)9-13(12)17-20(18,19)8-5-10-3-6-16-7-4-10/h1-4,6-7,9,17H,5,8,15H2. The molecule has 0 spiro atoms. The molecule has 5 nitrogen and oxygen atoms in total. The molecule has 0 aliphatic carbocycles. The number of aryl methyl sites for hydroxylation is 1. The summed E-state index contributed by atoms with van der Waals surface area (Å²) in [4.78, 5) is 3.89. The highest BCUT2D eigenvalue weighted by molar-refractivity contribution is 9.10. The third-order valence-electron chi connectivity index (χ3n) is 2.66. The average molecular weight is 356 g/mol. The van der Waals surface area contributed by atoms with Crippen molar-refractivity contribution in [3.05, 3.63) is 52.8 Å². The number of halogens is 1. The van der Waals surface area contributed by atoms with Gasteiger partial charge in [-0.3, -0.25) is 9.71 Å². The van der Waals surface area contributed by atoms with E-state index in [4.69, 9.17) is 5.73 Å². The van der Waals surface area contributed by atoms with Crippen LogP contribution in [0.15, 0.2) is 47.2 Å². The first kappa shape index (κ1) is 14.8. The topological polar surface area (TPSA) is 85.1 Å². The van der Waals surface area contributed by atoms with Gasteiger partial charge >= 0.3 is 0 Å². The summed E-state index contributed by atoms with van der Waals surface area (Å²) in [6.45, 7) is 0. The summed E-state index contributed by atoms with van der Waals surface area (Å²) < 4.78 is 27.3. The van der Waals surface area contributed by atoms with Crippen LogP contribution in [0.4, 0.5) is 11.4 Å². The van der Waals surface area contributed by atoms with E-state index in [1.165, 1.54) is 0 Å². The molecule has 1 aromatic carbocycles. The van der Waals surface area contributed by atoms with Gasteiger partial charge in [0.25, 0.3) is 0 Å². The maximum absolute atomic E-state index is 12.0. The molecule has 0 saturated carbocycles. The van der Waals surface area contributed by atoms with Gasteiger partial charge in [0.2, 0.25) is 10.0 Å². The van der Waals surface area contributed by atoms with Gasteiger partial charge in [0.15, 0.2) is 0 Å². The molecule has 3 N–H and O–H groups in total. The summed E-state index contributed by atoms with van der Waals surface area (Å²) in [7, 11) is -3.43. The number of sulfonamides is 1. The predicted octanol–water partition coefficient (Wildman–Crippen LogP) is 2.41. The van der Waals surface area contributed by atoms with Crippen LogP contribution in [0.2, 0.25) is 0 Å². The Morgan fingerprint density at radius 3 is 2.60 bits per heavy atom. The first-order chi connectivity index (χ1) is 9.46. The van der Waals surface area contributed by atoms with Gasteiger partial charge in [-0.1, -0.05) is 0 Å². The fraction of sp³-hybridized carbons (Fsp3) is 0.154. The Hall–Kier alpha value is -1.60. The molecule has 0 aliphatic rings. The van der Waals surface area contributed by atoms with Crippen molar-refractivity contribution in [3.8, 4) is 0 Å². The zero-order valence-corrected chi connectivity index (χ0v) is 13.0. The van der Waals surface area contributed by atoms with E-state index in [9.17, 15) is 8.42 Å². The SMILES string of the molecule is Nc1ccc(Br)c(NS(=O)(=O)CCc2ccncc2)c1. The molecular formula is C13H14BrN3O2S. The molecule has 7 heteroatoms. The number of hydrogen-bond acceptors (Lipinski definition) is 4. The minimum Gasteiger partial charge on any atom is -0.399 e. The lowest BCUT2D eigenvalue weighted by molar-refractivity contribution is 0.600. The Kier molecular flexibility index (Phi) is 4.61. The highest BCUT2D eigenvalue weighted by Gasteiger charge is 2.12. The number of nitrogen functional groups attached to an aromatic ring is 1. The molecular weight excluding hydrogens is 342 g/mol. The number of benzene rings is 1. The number of nitrogens with zero attached hydrogens (tertiary/aromatic N) is 1. The van der Waals surface area contributed by atoms with Gasteiger partial charge < -0.3 is 5.73 Å². The van der Waals surface area contributed by atoms with Gasteiger partial charge in [-0.2, -0.15) is 0 Å². The minimum absolute atomic E-state index is 0.00173. The fourth-order valence-electron chi connectivity index (χ4n) is 1.64. The normalized spacial score (nSPS) is 11.2. The highest BCUT2D eigenvalue weighted by Crippen LogP contribution is 2.25. The van der Waals surface area contributed by atoms with Gasteiger partial charge in [-0.25, -0.2) is 8.42 Å². The smallest absolute Gasteiger partial charge is 0.233 e. The first-order valence-electron chi connectivity index (χ1n) is 5.91. The number of nitrogens with one attached hydrogen (secondary N) is 1. The fourth-order valence-corrected chi connectivity index (χ4v) is 3.23. The van der Waals surface area contributed by atoms with Crippen LogP contribution in [0.25, 0.3) is 0 Å². The summed E-state index contributed by atoms with van der Waals surface area (Å²) in [6, 6.07) is 8.57. The van der Waals surface area contributed by atoms with Crippen molar-refractivity contribution < 1.29 is 8.42 Å². The second-order valence-corrected chi connectivity index (χ2v) is 6.96. The summed E-state index contributed by atoms with van der Waals surface area (Å²) in [5, 5.41) is 0. The molecule has 0 saturated heterocycles. The molecule has 1 heterocycles. The largest absolute Gasteiger partial charge is 0.399 e. The van der Waals surface area contributed by atoms with Crippen LogP contribution in [-0.2, 0) is 16.4 Å². The van der Waals surface area contributed by atoms with E-state index in [1.807, 2.05) is 0 Å². The number of anilines is 2. The summed E-state index contributed by atoms with van der Waals surface area (Å²) in [5.41, 5.74) is 7.52. The molecule has 0 unspecified atom stereocenters. The van der Waals surface area contributed by atoms with E-state index >= 15 is 0 Å². The molecule has 0 aliphatic heterocycles. The van der Waals surface area contributed by atoms with Crippen molar-refractivity contribution in [2.24, 2.45) is 0 Å². The van der Waals surface area contributed by atoms with Crippen LogP contribution >= 0.6 is 15.9 Å². The lowest BCUT2D eigenvalue weighted by atomic mass is 10.2. The van der Waals surface area contributed by atoms with E-state index in [0.29, 0.717) is 22.3 Å². The molecule has 106 valence electrons. The molecule has 0 amide bonds. The third-order valence-corrected chi connectivity index (χ3v) is 4.63. The van der Waals surface area contributed by atoms with Gasteiger partial charge in [-0.05, 0) is 58.2 Å². The Morgan fingerprint density at radius 1 is 1.20 bits per heavy atom. The number of nitrogens with two attached hydrogens (primary N) is 1. The van der Waals surface area contributed by atoms with Gasteiger partial charge in [0, 0.05) is 22.6 Å². The Morgan fingerprint density at radius 2 is 1.90 bits per heavy atom. The van der Waals surface area contributed by atoms with Crippen LogP contribution in [0.3, 0.4) is 0 Å². The van der Waals surface area contributed by atoms with Crippen LogP contribution in [0.5, 0.6) is 0 Å². The Balaban J connectivity index is 2.06. The van der Waals surface area contributed by atoms with Crippen LogP contribution < -0.4 is 10.5 Å². The second kappa shape index (κ2) is 6.23. The molecule has 1 aromatic heterocycles. The van der Waals surface area contributed by atoms with Crippen molar-refractivity contribution in [3.63, 3.8) is 0 Å². The second-order valence-electron chi connectivity index (χ2n) is 4.27. The van der Waals surface area contributed by atoms with Crippen molar-refractivity contribution >= 4 is 37.3 Å². The minimum atomic E-state index is -3.43. The van der Waals surface area contributed by atoms with Crippen LogP contribution in [-0.4, -0.2) is 19.2 Å². The molecule has 0 fully saturated rings. The lowest BCUT2D eigenvalue weighted by Gasteiger charge is -2.10. The molecule has 2 rings (SSSR count). The summed E-state index contributed by atoms with van der Waals surface area (Å²) >= 11 is 3.29. The molecule has 20 heavy (non-hydrogen) atoms. The zero-order valence-electron chi connectivity index (χ0n) is 10.6. The maximum Gasteiger partial charge on any atom is 0.233 e.